The van der Waals surface area contributed by atoms with E-state index in [9.17, 15) is 9.59 Å². The molecule has 0 fully saturated rings. The van der Waals surface area contributed by atoms with Crippen molar-refractivity contribution in [1.29, 1.82) is 0 Å². The van der Waals surface area contributed by atoms with Gasteiger partial charge < -0.3 is 16.0 Å². The van der Waals surface area contributed by atoms with Crippen LogP contribution in [0.3, 0.4) is 0 Å². The zero-order valence-corrected chi connectivity index (χ0v) is 10.8. The van der Waals surface area contributed by atoms with Crippen LogP contribution in [-0.4, -0.2) is 32.5 Å². The van der Waals surface area contributed by atoms with Crippen molar-refractivity contribution >= 4 is 17.5 Å². The van der Waals surface area contributed by atoms with E-state index in [0.717, 1.165) is 11.3 Å². The fraction of sp³-hybridized carbons (Fsp3) is 0.385. The predicted molar refractivity (Wildman–Crippen MR) is 71.3 cm³/mol. The van der Waals surface area contributed by atoms with Gasteiger partial charge >= 0.3 is 0 Å². The highest BCUT2D eigenvalue weighted by molar-refractivity contribution is 5.83. The number of carbonyl (C=O) groups is 2. The van der Waals surface area contributed by atoms with Gasteiger partial charge in [0.1, 0.15) is 0 Å². The van der Waals surface area contributed by atoms with E-state index in [1.165, 1.54) is 0 Å². The first kappa shape index (κ1) is 14.0. The molecule has 0 heterocycles. The smallest absolute Gasteiger partial charge is 0.236 e. The van der Waals surface area contributed by atoms with Gasteiger partial charge in [-0.3, -0.25) is 9.59 Å². The van der Waals surface area contributed by atoms with E-state index >= 15 is 0 Å². The Morgan fingerprint density at radius 1 is 1.22 bits per heavy atom. The summed E-state index contributed by atoms with van der Waals surface area (Å²) in [5.41, 5.74) is 7.15. The highest BCUT2D eigenvalue weighted by atomic mass is 16.2. The average Bonchev–Trinajstić information content (AvgIpc) is 2.34. The molecule has 0 saturated heterocycles. The molecule has 0 bridgehead atoms. The number of primary amides is 1. The van der Waals surface area contributed by atoms with Crippen molar-refractivity contribution < 1.29 is 9.59 Å². The van der Waals surface area contributed by atoms with Crippen molar-refractivity contribution in [3.63, 3.8) is 0 Å². The summed E-state index contributed by atoms with van der Waals surface area (Å²) in [6, 6.07) is 8.01. The van der Waals surface area contributed by atoms with Crippen LogP contribution in [0.15, 0.2) is 24.3 Å². The third-order valence-corrected chi connectivity index (χ3v) is 2.55. The van der Waals surface area contributed by atoms with E-state index in [2.05, 4.69) is 5.32 Å². The maximum absolute atomic E-state index is 11.4. The molecule has 5 nitrogen and oxygen atoms in total. The van der Waals surface area contributed by atoms with Gasteiger partial charge in [0.05, 0.1) is 6.54 Å². The largest absolute Gasteiger partial charge is 0.378 e. The number of benzene rings is 1. The van der Waals surface area contributed by atoms with Crippen LogP contribution < -0.4 is 16.0 Å². The predicted octanol–water partition coefficient (Wildman–Crippen LogP) is 0.287. The summed E-state index contributed by atoms with van der Waals surface area (Å²) in [6.07, 6.45) is 1.01. The van der Waals surface area contributed by atoms with Crippen LogP contribution >= 0.6 is 0 Å². The van der Waals surface area contributed by atoms with Gasteiger partial charge in [0.15, 0.2) is 0 Å². The van der Waals surface area contributed by atoms with E-state index < -0.39 is 5.91 Å². The van der Waals surface area contributed by atoms with Crippen molar-refractivity contribution in [3.05, 3.63) is 29.8 Å². The summed E-state index contributed by atoms with van der Waals surface area (Å²) in [5.74, 6) is -0.691. The number of nitrogens with zero attached hydrogens (tertiary/aromatic N) is 1. The molecule has 18 heavy (non-hydrogen) atoms. The van der Waals surface area contributed by atoms with Gasteiger partial charge in [0, 0.05) is 26.2 Å². The van der Waals surface area contributed by atoms with Crippen molar-refractivity contribution in [2.45, 2.75) is 12.8 Å². The van der Waals surface area contributed by atoms with Crippen molar-refractivity contribution in [2.24, 2.45) is 5.73 Å². The SMILES string of the molecule is CN(C)c1ccc(CCC(=O)NCC(N)=O)cc1. The molecule has 98 valence electrons. The Kier molecular flexibility index (Phi) is 5.17. The molecular weight excluding hydrogens is 230 g/mol. The zero-order valence-electron chi connectivity index (χ0n) is 10.8. The molecule has 0 unspecified atom stereocenters. The van der Waals surface area contributed by atoms with E-state index in [0.29, 0.717) is 12.8 Å². The molecular formula is C13H19N3O2. The molecule has 0 spiro atoms. The summed E-state index contributed by atoms with van der Waals surface area (Å²) in [4.78, 5) is 23.9. The minimum absolute atomic E-state index is 0.0988. The molecule has 0 atom stereocenters. The van der Waals surface area contributed by atoms with Crippen LogP contribution in [0.1, 0.15) is 12.0 Å². The van der Waals surface area contributed by atoms with Crippen LogP contribution in [0.25, 0.3) is 0 Å². The molecule has 0 aromatic heterocycles. The number of nitrogens with two attached hydrogens (primary N) is 1. The van der Waals surface area contributed by atoms with Crippen LogP contribution in [0.2, 0.25) is 0 Å². The number of hydrogen-bond acceptors (Lipinski definition) is 3. The fourth-order valence-electron chi connectivity index (χ4n) is 1.49. The maximum Gasteiger partial charge on any atom is 0.236 e. The highest BCUT2D eigenvalue weighted by Crippen LogP contribution is 2.13. The first-order valence-electron chi connectivity index (χ1n) is 5.80. The van der Waals surface area contributed by atoms with Crippen molar-refractivity contribution in [3.8, 4) is 0 Å². The third-order valence-electron chi connectivity index (χ3n) is 2.55. The van der Waals surface area contributed by atoms with Gasteiger partial charge in [-0.25, -0.2) is 0 Å². The van der Waals surface area contributed by atoms with E-state index in [1.54, 1.807) is 0 Å². The standard InChI is InChI=1S/C13H19N3O2/c1-16(2)11-6-3-10(4-7-11)5-8-13(18)15-9-12(14)17/h3-4,6-7H,5,8-9H2,1-2H3,(H2,14,17)(H,15,18). The molecule has 0 saturated carbocycles. The van der Waals surface area contributed by atoms with Crippen LogP contribution in [-0.2, 0) is 16.0 Å². The Bertz CT molecular complexity index is 413. The van der Waals surface area contributed by atoms with Gasteiger partial charge in [-0.2, -0.15) is 0 Å². The highest BCUT2D eigenvalue weighted by Gasteiger charge is 2.03. The molecule has 1 aromatic carbocycles. The molecule has 0 aliphatic heterocycles. The number of hydrogen-bond donors (Lipinski definition) is 2. The second-order valence-corrected chi connectivity index (χ2v) is 4.30. The van der Waals surface area contributed by atoms with Crippen LogP contribution in [0.5, 0.6) is 0 Å². The van der Waals surface area contributed by atoms with Gasteiger partial charge in [0.25, 0.3) is 0 Å². The third kappa shape index (κ3) is 4.86. The Morgan fingerprint density at radius 2 is 1.83 bits per heavy atom. The van der Waals surface area contributed by atoms with Crippen molar-refractivity contribution in [2.75, 3.05) is 25.5 Å². The second-order valence-electron chi connectivity index (χ2n) is 4.30. The summed E-state index contributed by atoms with van der Waals surface area (Å²) in [6.45, 7) is -0.0988. The maximum atomic E-state index is 11.4. The summed E-state index contributed by atoms with van der Waals surface area (Å²) in [7, 11) is 3.96. The van der Waals surface area contributed by atoms with Gasteiger partial charge in [-0.15, -0.1) is 0 Å². The quantitative estimate of drug-likeness (QED) is 0.760. The molecule has 3 N–H and O–H groups in total. The number of anilines is 1. The molecule has 1 rings (SSSR count). The van der Waals surface area contributed by atoms with Gasteiger partial charge in [-0.05, 0) is 24.1 Å². The lowest BCUT2D eigenvalue weighted by molar-refractivity contribution is -0.124. The number of nitrogens with one attached hydrogen (secondary N) is 1. The summed E-state index contributed by atoms with van der Waals surface area (Å²) >= 11 is 0. The average molecular weight is 249 g/mol. The number of amides is 2. The molecule has 0 aliphatic rings. The lowest BCUT2D eigenvalue weighted by atomic mass is 10.1. The van der Waals surface area contributed by atoms with Gasteiger partial charge in [0.2, 0.25) is 11.8 Å². The van der Waals surface area contributed by atoms with Crippen molar-refractivity contribution in [1.82, 2.24) is 5.32 Å². The lowest BCUT2D eigenvalue weighted by Gasteiger charge is -2.12. The topological polar surface area (TPSA) is 75.4 Å². The summed E-state index contributed by atoms with van der Waals surface area (Å²) in [5, 5.41) is 2.46. The number of carbonyl (C=O) groups excluding carboxylic acids is 2. The van der Waals surface area contributed by atoms with E-state index in [-0.39, 0.29) is 12.5 Å². The van der Waals surface area contributed by atoms with E-state index in [4.69, 9.17) is 5.73 Å². The zero-order chi connectivity index (χ0) is 13.5. The minimum Gasteiger partial charge on any atom is -0.378 e. The Balaban J connectivity index is 2.39. The lowest BCUT2D eigenvalue weighted by Crippen LogP contribution is -2.33. The van der Waals surface area contributed by atoms with Gasteiger partial charge in [-0.1, -0.05) is 12.1 Å². The molecule has 2 amide bonds. The Labute approximate surface area is 107 Å². The van der Waals surface area contributed by atoms with Crippen LogP contribution in [0.4, 0.5) is 5.69 Å². The molecule has 0 radical (unpaired) electrons. The van der Waals surface area contributed by atoms with E-state index in [1.807, 2.05) is 43.3 Å². The molecule has 5 heteroatoms. The Morgan fingerprint density at radius 3 is 2.33 bits per heavy atom. The fourth-order valence-corrected chi connectivity index (χ4v) is 1.49. The number of rotatable bonds is 6. The molecule has 1 aromatic rings. The Hall–Kier alpha value is -2.04. The minimum atomic E-state index is -0.529. The number of aryl methyl sites for hydroxylation is 1. The van der Waals surface area contributed by atoms with Crippen LogP contribution in [0, 0.1) is 0 Å². The first-order valence-corrected chi connectivity index (χ1v) is 5.80. The normalized spacial score (nSPS) is 9.89. The molecule has 0 aliphatic carbocycles. The monoisotopic (exact) mass is 249 g/mol. The second kappa shape index (κ2) is 6.64. The first-order chi connectivity index (χ1) is 8.49. The summed E-state index contributed by atoms with van der Waals surface area (Å²) < 4.78 is 0.